The molecule has 25 heavy (non-hydrogen) atoms. The maximum Gasteiger partial charge on any atom is 0.340 e. The molecule has 0 aliphatic rings. The third-order valence-corrected chi connectivity index (χ3v) is 3.70. The first-order chi connectivity index (χ1) is 11.9. The van der Waals surface area contributed by atoms with Gasteiger partial charge >= 0.3 is 5.97 Å². The second-order valence-corrected chi connectivity index (χ2v) is 5.82. The molecule has 6 nitrogen and oxygen atoms in total. The zero-order chi connectivity index (χ0) is 18.4. The molecule has 0 saturated heterocycles. The molecular weight excluding hydrogens is 367 g/mol. The Morgan fingerprint density at radius 2 is 1.68 bits per heavy atom. The Morgan fingerprint density at radius 3 is 2.36 bits per heavy atom. The lowest BCUT2D eigenvalue weighted by Gasteiger charge is -2.14. The molecule has 0 unspecified atom stereocenters. The summed E-state index contributed by atoms with van der Waals surface area (Å²) in [5.41, 5.74) is 4.84. The van der Waals surface area contributed by atoms with Gasteiger partial charge in [0.1, 0.15) is 0 Å². The number of hydrazine groups is 1. The Hall–Kier alpha value is -2.57. The number of ether oxygens (including phenoxy) is 1. The van der Waals surface area contributed by atoms with Gasteiger partial charge in [-0.3, -0.25) is 20.4 Å². The summed E-state index contributed by atoms with van der Waals surface area (Å²) in [6, 6.07) is 12.6. The second-order valence-electron chi connectivity index (χ2n) is 4.98. The fraction of sp³-hybridized carbons (Fsp3) is 0.118. The molecule has 8 heteroatoms. The lowest BCUT2D eigenvalue weighted by atomic mass is 10.2. The van der Waals surface area contributed by atoms with E-state index in [0.717, 1.165) is 0 Å². The van der Waals surface area contributed by atoms with Gasteiger partial charge in [-0.2, -0.15) is 0 Å². The largest absolute Gasteiger partial charge is 0.449 e. The topological polar surface area (TPSA) is 84.5 Å². The molecule has 0 heterocycles. The number of carbonyl (C=O) groups is 3. The van der Waals surface area contributed by atoms with Gasteiger partial charge in [-0.1, -0.05) is 41.4 Å². The minimum absolute atomic E-state index is 0.0436. The van der Waals surface area contributed by atoms with E-state index in [9.17, 15) is 14.4 Å². The average Bonchev–Trinajstić information content (AvgIpc) is 2.61. The van der Waals surface area contributed by atoms with Gasteiger partial charge in [-0.05, 0) is 37.3 Å². The van der Waals surface area contributed by atoms with Crippen LogP contribution in [0.2, 0.25) is 10.0 Å². The summed E-state index contributed by atoms with van der Waals surface area (Å²) in [4.78, 5) is 35.8. The molecule has 130 valence electrons. The van der Waals surface area contributed by atoms with Crippen molar-refractivity contribution < 1.29 is 19.1 Å². The van der Waals surface area contributed by atoms with Crippen molar-refractivity contribution in [2.45, 2.75) is 13.0 Å². The SMILES string of the molecule is C[C@@H](OC(=O)c1cc(Cl)ccc1Cl)C(=O)NNC(=O)c1ccccc1. The van der Waals surface area contributed by atoms with Gasteiger partial charge in [0.2, 0.25) is 0 Å². The Bertz CT molecular complexity index is 796. The molecular formula is C17H14Cl2N2O4. The van der Waals surface area contributed by atoms with Crippen molar-refractivity contribution in [3.63, 3.8) is 0 Å². The highest BCUT2D eigenvalue weighted by atomic mass is 35.5. The van der Waals surface area contributed by atoms with E-state index in [2.05, 4.69) is 10.9 Å². The Morgan fingerprint density at radius 1 is 1.00 bits per heavy atom. The van der Waals surface area contributed by atoms with Gasteiger partial charge in [0, 0.05) is 10.6 Å². The van der Waals surface area contributed by atoms with E-state index in [1.165, 1.54) is 25.1 Å². The molecule has 2 aromatic rings. The van der Waals surface area contributed by atoms with Crippen LogP contribution in [0.4, 0.5) is 0 Å². The number of rotatable bonds is 4. The number of carbonyl (C=O) groups excluding carboxylic acids is 3. The molecule has 0 saturated carbocycles. The molecule has 0 fully saturated rings. The van der Waals surface area contributed by atoms with Crippen molar-refractivity contribution in [3.05, 3.63) is 69.7 Å². The minimum atomic E-state index is -1.15. The van der Waals surface area contributed by atoms with Gasteiger partial charge in [-0.15, -0.1) is 0 Å². The second kappa shape index (κ2) is 8.50. The van der Waals surface area contributed by atoms with Crippen LogP contribution in [0.25, 0.3) is 0 Å². The fourth-order valence-corrected chi connectivity index (χ4v) is 2.18. The van der Waals surface area contributed by atoms with E-state index in [4.69, 9.17) is 27.9 Å². The number of benzene rings is 2. The first kappa shape index (κ1) is 18.8. The molecule has 2 rings (SSSR count). The van der Waals surface area contributed by atoms with E-state index in [1.807, 2.05) is 0 Å². The van der Waals surface area contributed by atoms with Gasteiger partial charge in [-0.25, -0.2) is 4.79 Å². The molecule has 0 bridgehead atoms. The van der Waals surface area contributed by atoms with E-state index < -0.39 is 23.9 Å². The van der Waals surface area contributed by atoms with E-state index in [-0.39, 0.29) is 10.6 Å². The first-order valence-corrected chi connectivity index (χ1v) is 7.95. The highest BCUT2D eigenvalue weighted by Gasteiger charge is 2.21. The summed E-state index contributed by atoms with van der Waals surface area (Å²) in [5, 5.41) is 0.461. The van der Waals surface area contributed by atoms with Crippen molar-refractivity contribution >= 4 is 41.0 Å². The van der Waals surface area contributed by atoms with Crippen LogP contribution >= 0.6 is 23.2 Å². The zero-order valence-corrected chi connectivity index (χ0v) is 14.6. The van der Waals surface area contributed by atoms with Gasteiger partial charge in [0.05, 0.1) is 10.6 Å². The number of nitrogens with one attached hydrogen (secondary N) is 2. The summed E-state index contributed by atoms with van der Waals surface area (Å²) in [5.74, 6) is -1.99. The van der Waals surface area contributed by atoms with Crippen molar-refractivity contribution in [2.75, 3.05) is 0 Å². The Labute approximate surface area is 154 Å². The molecule has 2 N–H and O–H groups in total. The van der Waals surface area contributed by atoms with Crippen LogP contribution in [0.5, 0.6) is 0 Å². The van der Waals surface area contributed by atoms with E-state index in [1.54, 1.807) is 30.3 Å². The monoisotopic (exact) mass is 380 g/mol. The van der Waals surface area contributed by atoms with Crippen LogP contribution < -0.4 is 10.9 Å². The first-order valence-electron chi connectivity index (χ1n) is 7.19. The third kappa shape index (κ3) is 5.20. The smallest absolute Gasteiger partial charge is 0.340 e. The van der Waals surface area contributed by atoms with Crippen molar-refractivity contribution in [3.8, 4) is 0 Å². The van der Waals surface area contributed by atoms with E-state index in [0.29, 0.717) is 10.6 Å². The predicted octanol–water partition coefficient (Wildman–Crippen LogP) is 3.00. The molecule has 1 atom stereocenters. The van der Waals surface area contributed by atoms with Crippen molar-refractivity contribution in [1.82, 2.24) is 10.9 Å². The Balaban J connectivity index is 1.90. The van der Waals surface area contributed by atoms with Crippen molar-refractivity contribution in [2.24, 2.45) is 0 Å². The molecule has 0 spiro atoms. The molecule has 0 aliphatic heterocycles. The number of hydrogen-bond donors (Lipinski definition) is 2. The lowest BCUT2D eigenvalue weighted by Crippen LogP contribution is -2.46. The summed E-state index contributed by atoms with van der Waals surface area (Å²) in [6.07, 6.45) is -1.15. The molecule has 0 radical (unpaired) electrons. The highest BCUT2D eigenvalue weighted by Crippen LogP contribution is 2.21. The fourth-order valence-electron chi connectivity index (χ4n) is 1.81. The van der Waals surface area contributed by atoms with Crippen LogP contribution in [0.15, 0.2) is 48.5 Å². The maximum absolute atomic E-state index is 12.1. The summed E-state index contributed by atoms with van der Waals surface area (Å²) >= 11 is 11.7. The summed E-state index contributed by atoms with van der Waals surface area (Å²) < 4.78 is 5.03. The number of halogens is 2. The molecule has 0 aromatic heterocycles. The van der Waals surface area contributed by atoms with Crippen LogP contribution in [-0.4, -0.2) is 23.9 Å². The highest BCUT2D eigenvalue weighted by molar-refractivity contribution is 6.35. The zero-order valence-electron chi connectivity index (χ0n) is 13.1. The van der Waals surface area contributed by atoms with Crippen LogP contribution in [0.1, 0.15) is 27.6 Å². The average molecular weight is 381 g/mol. The van der Waals surface area contributed by atoms with Gasteiger partial charge in [0.15, 0.2) is 6.10 Å². The predicted molar refractivity (Wildman–Crippen MR) is 93.4 cm³/mol. The minimum Gasteiger partial charge on any atom is -0.449 e. The normalized spacial score (nSPS) is 11.3. The van der Waals surface area contributed by atoms with E-state index >= 15 is 0 Å². The number of esters is 1. The summed E-state index contributed by atoms with van der Waals surface area (Å²) in [6.45, 7) is 1.36. The number of amides is 2. The van der Waals surface area contributed by atoms with Crippen LogP contribution in [0.3, 0.4) is 0 Å². The van der Waals surface area contributed by atoms with Crippen LogP contribution in [-0.2, 0) is 9.53 Å². The number of hydrogen-bond acceptors (Lipinski definition) is 4. The Kier molecular flexibility index (Phi) is 6.38. The molecule has 2 amide bonds. The van der Waals surface area contributed by atoms with Crippen LogP contribution in [0, 0.1) is 0 Å². The lowest BCUT2D eigenvalue weighted by molar-refractivity contribution is -0.129. The van der Waals surface area contributed by atoms with Gasteiger partial charge < -0.3 is 4.74 Å². The van der Waals surface area contributed by atoms with Gasteiger partial charge in [0.25, 0.3) is 11.8 Å². The van der Waals surface area contributed by atoms with Crippen molar-refractivity contribution in [1.29, 1.82) is 0 Å². The third-order valence-electron chi connectivity index (χ3n) is 3.14. The standard InChI is InChI=1S/C17H14Cl2N2O4/c1-10(25-17(24)13-9-12(18)7-8-14(13)19)15(22)20-21-16(23)11-5-3-2-4-6-11/h2-10H,1H3,(H,20,22)(H,21,23)/t10-/m1/s1. The summed E-state index contributed by atoms with van der Waals surface area (Å²) in [7, 11) is 0. The quantitative estimate of drug-likeness (QED) is 0.630. The molecule has 0 aliphatic carbocycles. The molecule has 2 aromatic carbocycles. The maximum atomic E-state index is 12.1.